The van der Waals surface area contributed by atoms with Crippen LogP contribution in [-0.4, -0.2) is 32.2 Å². The summed E-state index contributed by atoms with van der Waals surface area (Å²) in [7, 11) is -1.45. The van der Waals surface area contributed by atoms with Crippen molar-refractivity contribution >= 4 is 8.07 Å². The third-order valence-corrected chi connectivity index (χ3v) is 7.06. The molecular formula is C22H39LiO4Si. The van der Waals surface area contributed by atoms with Crippen molar-refractivity contribution in [3.63, 3.8) is 0 Å². The van der Waals surface area contributed by atoms with E-state index in [4.69, 9.17) is 9.47 Å². The monoisotopic (exact) mass is 402 g/mol. The summed E-state index contributed by atoms with van der Waals surface area (Å²) in [6, 6.07) is 0. The molecule has 1 heterocycles. The van der Waals surface area contributed by atoms with Gasteiger partial charge in [0.1, 0.15) is 0 Å². The van der Waals surface area contributed by atoms with E-state index in [1.54, 1.807) is 0 Å². The van der Waals surface area contributed by atoms with Crippen LogP contribution in [0.1, 0.15) is 53.4 Å². The number of rotatable bonds is 5. The molecule has 0 aromatic heterocycles. The summed E-state index contributed by atoms with van der Waals surface area (Å²) in [5, 5.41) is 20.7. The molecule has 28 heavy (non-hydrogen) atoms. The Bertz CT molecular complexity index is 566. The molecule has 2 aliphatic rings. The van der Waals surface area contributed by atoms with Crippen molar-refractivity contribution in [1.82, 2.24) is 0 Å². The second-order valence-corrected chi connectivity index (χ2v) is 15.7. The van der Waals surface area contributed by atoms with Gasteiger partial charge in [0.25, 0.3) is 0 Å². The third kappa shape index (κ3) is 7.57. The van der Waals surface area contributed by atoms with Gasteiger partial charge in [-0.25, -0.2) is 0 Å². The maximum Gasteiger partial charge on any atom is 1.00 e. The van der Waals surface area contributed by atoms with Gasteiger partial charge in [-0.15, -0.1) is 0 Å². The van der Waals surface area contributed by atoms with E-state index in [-0.39, 0.29) is 30.2 Å². The smallest absolute Gasteiger partial charge is 0.629 e. The van der Waals surface area contributed by atoms with Crippen LogP contribution in [0.15, 0.2) is 23.3 Å². The van der Waals surface area contributed by atoms with Crippen LogP contribution in [0.2, 0.25) is 19.6 Å². The molecule has 2 fully saturated rings. The fourth-order valence-corrected chi connectivity index (χ4v) is 5.70. The van der Waals surface area contributed by atoms with Gasteiger partial charge in [-0.3, -0.25) is 0 Å². The molecule has 1 N–H and O–H groups in total. The number of hydrogen-bond acceptors (Lipinski definition) is 4. The minimum Gasteiger partial charge on any atom is -0.629 e. The van der Waals surface area contributed by atoms with Crippen LogP contribution in [0.25, 0.3) is 0 Å². The Hall–Kier alpha value is -0.186. The zero-order valence-corrected chi connectivity index (χ0v) is 20.3. The number of hydrogen-bond donors (Lipinski definition) is 1. The fraction of sp³-hybridized carbons (Fsp3) is 0.818. The van der Waals surface area contributed by atoms with Crippen molar-refractivity contribution in [2.45, 2.75) is 78.8 Å². The van der Waals surface area contributed by atoms with Crippen LogP contribution < -0.4 is 24.0 Å². The minimum absolute atomic E-state index is 0. The standard InChI is InChI=1S/C22H40O4Si.Li/c1-16-8-9-17(12-20(23)24)19(13-27(5,6)7)18(16)10-11-22(4)25-14-21(2,3)15-26-22;/h12-13,16-18,23-24H,8-11,14-15H2,1-7H3;/q;+1/p-1/b19-13-;/t16-,17+,18+;/m1./s1. The van der Waals surface area contributed by atoms with Crippen LogP contribution in [-0.2, 0) is 9.47 Å². The molecule has 6 heteroatoms. The van der Waals surface area contributed by atoms with Gasteiger partial charge < -0.3 is 19.7 Å². The van der Waals surface area contributed by atoms with E-state index in [1.165, 1.54) is 11.6 Å². The third-order valence-electron chi connectivity index (χ3n) is 5.87. The first-order valence-electron chi connectivity index (χ1n) is 10.4. The quantitative estimate of drug-likeness (QED) is 0.563. The molecule has 0 aromatic carbocycles. The topological polar surface area (TPSA) is 61.8 Å². The van der Waals surface area contributed by atoms with E-state index in [9.17, 15) is 10.2 Å². The normalized spacial score (nSPS) is 32.0. The zero-order valence-electron chi connectivity index (χ0n) is 19.3. The molecule has 0 unspecified atom stereocenters. The van der Waals surface area contributed by atoms with Crippen molar-refractivity contribution in [2.75, 3.05) is 13.2 Å². The summed E-state index contributed by atoms with van der Waals surface area (Å²) in [5.41, 5.74) is 3.88. The molecule has 3 atom stereocenters. The van der Waals surface area contributed by atoms with E-state index < -0.39 is 19.8 Å². The van der Waals surface area contributed by atoms with Crippen LogP contribution in [0.5, 0.6) is 0 Å². The molecule has 156 valence electrons. The molecule has 1 saturated carbocycles. The molecule has 0 spiro atoms. The summed E-state index contributed by atoms with van der Waals surface area (Å²) in [6.07, 6.45) is 5.37. The predicted octanol–water partition coefficient (Wildman–Crippen LogP) is 1.79. The average molecular weight is 403 g/mol. The summed E-state index contributed by atoms with van der Waals surface area (Å²) in [5.74, 6) is -0.291. The Morgan fingerprint density at radius 2 is 1.75 bits per heavy atom. The Kier molecular flexibility index (Phi) is 9.00. The predicted molar refractivity (Wildman–Crippen MR) is 111 cm³/mol. The maximum absolute atomic E-state index is 11.4. The molecule has 0 radical (unpaired) electrons. The molecule has 0 amide bonds. The van der Waals surface area contributed by atoms with Gasteiger partial charge in [0, 0.05) is 17.8 Å². The van der Waals surface area contributed by atoms with Crippen LogP contribution in [0, 0.1) is 23.2 Å². The fourth-order valence-electron chi connectivity index (χ4n) is 4.27. The minimum atomic E-state index is -1.45. The first-order chi connectivity index (χ1) is 12.3. The van der Waals surface area contributed by atoms with Crippen molar-refractivity contribution in [3.8, 4) is 0 Å². The molecular weight excluding hydrogens is 363 g/mol. The average Bonchev–Trinajstić information content (AvgIpc) is 2.51. The summed E-state index contributed by atoms with van der Waals surface area (Å²) in [4.78, 5) is 0. The van der Waals surface area contributed by atoms with Gasteiger partial charge >= 0.3 is 18.9 Å². The van der Waals surface area contributed by atoms with Crippen molar-refractivity contribution in [3.05, 3.63) is 23.3 Å². The largest absolute Gasteiger partial charge is 1.00 e. The molecule has 1 aliphatic carbocycles. The second kappa shape index (κ2) is 9.75. The van der Waals surface area contributed by atoms with Gasteiger partial charge in [-0.1, -0.05) is 57.8 Å². The number of ether oxygens (including phenoxy) is 2. The zero-order chi connectivity index (χ0) is 20.5. The molecule has 0 bridgehead atoms. The Morgan fingerprint density at radius 1 is 1.18 bits per heavy atom. The van der Waals surface area contributed by atoms with Gasteiger partial charge in [0.05, 0.1) is 21.3 Å². The van der Waals surface area contributed by atoms with Gasteiger partial charge in [-0.05, 0) is 43.9 Å². The SMILES string of the molecule is C[C@@H]1CC[C@@H](C=C([O-])O)/C(=C/[Si](C)(C)C)[C@H]1CCC1(C)OCC(C)(C)CO1.[Li+]. The van der Waals surface area contributed by atoms with Crippen LogP contribution >= 0.6 is 0 Å². The van der Waals surface area contributed by atoms with Gasteiger partial charge in [0.2, 0.25) is 0 Å². The van der Waals surface area contributed by atoms with Crippen molar-refractivity contribution in [1.29, 1.82) is 0 Å². The number of aliphatic hydroxyl groups is 1. The summed E-state index contributed by atoms with van der Waals surface area (Å²) in [6.45, 7) is 17.1. The van der Waals surface area contributed by atoms with E-state index in [0.29, 0.717) is 11.8 Å². The van der Waals surface area contributed by atoms with Crippen molar-refractivity contribution in [2.24, 2.45) is 23.2 Å². The van der Waals surface area contributed by atoms with Gasteiger partial charge in [0.15, 0.2) is 5.79 Å². The van der Waals surface area contributed by atoms with E-state index >= 15 is 0 Å². The summed E-state index contributed by atoms with van der Waals surface area (Å²) >= 11 is 0. The Morgan fingerprint density at radius 3 is 2.25 bits per heavy atom. The van der Waals surface area contributed by atoms with E-state index in [0.717, 1.165) is 38.9 Å². The number of allylic oxidation sites excluding steroid dienone is 2. The summed E-state index contributed by atoms with van der Waals surface area (Å²) < 4.78 is 12.2. The van der Waals surface area contributed by atoms with E-state index in [1.807, 2.05) is 0 Å². The first kappa shape index (κ1) is 25.9. The van der Waals surface area contributed by atoms with Crippen LogP contribution in [0.3, 0.4) is 0 Å². The number of aliphatic hydroxyl groups excluding tert-OH is 1. The van der Waals surface area contributed by atoms with Gasteiger partial charge in [-0.2, -0.15) is 0 Å². The Labute approximate surface area is 185 Å². The first-order valence-corrected chi connectivity index (χ1v) is 14.0. The van der Waals surface area contributed by atoms with E-state index in [2.05, 4.69) is 53.0 Å². The molecule has 4 nitrogen and oxygen atoms in total. The molecule has 2 rings (SSSR count). The van der Waals surface area contributed by atoms with Crippen LogP contribution in [0.4, 0.5) is 0 Å². The molecule has 1 saturated heterocycles. The Balaban J connectivity index is 0.00000392. The van der Waals surface area contributed by atoms with Crippen molar-refractivity contribution < 1.29 is 38.5 Å². The second-order valence-electron chi connectivity index (χ2n) is 10.7. The molecule has 1 aliphatic heterocycles. The molecule has 0 aromatic rings. The maximum atomic E-state index is 11.4.